The van der Waals surface area contributed by atoms with Crippen LogP contribution in [0.15, 0.2) is 18.3 Å². The van der Waals surface area contributed by atoms with E-state index in [0.717, 1.165) is 18.9 Å². The third-order valence-corrected chi connectivity index (χ3v) is 2.89. The summed E-state index contributed by atoms with van der Waals surface area (Å²) in [6, 6.07) is 5.70. The molecule has 0 saturated carbocycles. The highest BCUT2D eigenvalue weighted by Crippen LogP contribution is 2.30. The molecule has 2 rings (SSSR count). The van der Waals surface area contributed by atoms with E-state index in [1.807, 2.05) is 6.07 Å². The molecule has 96 valence electrons. The van der Waals surface area contributed by atoms with Crippen LogP contribution in [0.25, 0.3) is 0 Å². The molecule has 0 aromatic carbocycles. The summed E-state index contributed by atoms with van der Waals surface area (Å²) in [4.78, 5) is 6.55. The Morgan fingerprint density at radius 3 is 2.44 bits per heavy atom. The summed E-state index contributed by atoms with van der Waals surface area (Å²) >= 11 is 0. The first-order valence-corrected chi connectivity index (χ1v) is 6.13. The van der Waals surface area contributed by atoms with Crippen LogP contribution in [-0.4, -0.2) is 29.3 Å². The molecule has 1 aromatic rings. The molecule has 1 saturated heterocycles. The summed E-state index contributed by atoms with van der Waals surface area (Å²) in [5, 5.41) is 8.94. The Kier molecular flexibility index (Phi) is 3.04. The molecular weight excluding hydrogens is 226 g/mol. The van der Waals surface area contributed by atoms with Gasteiger partial charge in [0.2, 0.25) is 0 Å². The molecule has 0 atom stereocenters. The Labute approximate surface area is 108 Å². The summed E-state index contributed by atoms with van der Waals surface area (Å²) in [5.74, 6) is 0.846. The van der Waals surface area contributed by atoms with Crippen LogP contribution in [0.5, 0.6) is 0 Å². The topological polar surface area (TPSA) is 49.2 Å². The maximum Gasteiger partial charge on any atom is 0.129 e. The fourth-order valence-corrected chi connectivity index (χ4v) is 2.61. The monoisotopic (exact) mass is 245 g/mol. The van der Waals surface area contributed by atoms with Crippen molar-refractivity contribution in [2.45, 2.75) is 38.9 Å². The number of nitrogens with zero attached hydrogens (tertiary/aromatic N) is 3. The molecule has 4 nitrogen and oxygen atoms in total. The number of anilines is 1. The van der Waals surface area contributed by atoms with Gasteiger partial charge < -0.3 is 9.64 Å². The van der Waals surface area contributed by atoms with Crippen molar-refractivity contribution in [3.63, 3.8) is 0 Å². The second-order valence-electron chi connectivity index (χ2n) is 5.99. The van der Waals surface area contributed by atoms with Gasteiger partial charge in [0, 0.05) is 19.3 Å². The third kappa shape index (κ3) is 2.80. The van der Waals surface area contributed by atoms with Crippen molar-refractivity contribution in [3.05, 3.63) is 23.9 Å². The van der Waals surface area contributed by atoms with E-state index < -0.39 is 0 Å². The van der Waals surface area contributed by atoms with Crippen LogP contribution in [0.2, 0.25) is 0 Å². The Balaban J connectivity index is 2.30. The number of morpholine rings is 1. The highest BCUT2D eigenvalue weighted by molar-refractivity contribution is 5.46. The van der Waals surface area contributed by atoms with Crippen LogP contribution in [0.1, 0.15) is 33.3 Å². The molecule has 2 heterocycles. The molecule has 0 radical (unpaired) electrons. The second kappa shape index (κ2) is 4.25. The Morgan fingerprint density at radius 2 is 1.89 bits per heavy atom. The molecule has 4 heteroatoms. The van der Waals surface area contributed by atoms with Gasteiger partial charge in [-0.1, -0.05) is 0 Å². The average molecular weight is 245 g/mol. The van der Waals surface area contributed by atoms with Gasteiger partial charge in [-0.2, -0.15) is 5.26 Å². The number of rotatable bonds is 1. The van der Waals surface area contributed by atoms with Gasteiger partial charge in [0.1, 0.15) is 5.82 Å². The van der Waals surface area contributed by atoms with Gasteiger partial charge in [-0.15, -0.1) is 0 Å². The molecule has 0 amide bonds. The van der Waals surface area contributed by atoms with Gasteiger partial charge in [0.05, 0.1) is 22.8 Å². The highest BCUT2D eigenvalue weighted by Gasteiger charge is 2.38. The summed E-state index contributed by atoms with van der Waals surface area (Å²) in [7, 11) is 0. The number of hydrogen-bond acceptors (Lipinski definition) is 4. The van der Waals surface area contributed by atoms with Crippen molar-refractivity contribution in [1.29, 1.82) is 5.26 Å². The SMILES string of the molecule is CC1(C)CN(c2cc(C#N)ccn2)CC(C)(C)O1. The number of hydrogen-bond donors (Lipinski definition) is 0. The minimum absolute atomic E-state index is 0.216. The van der Waals surface area contributed by atoms with E-state index in [9.17, 15) is 0 Å². The predicted molar refractivity (Wildman–Crippen MR) is 70.4 cm³/mol. The standard InChI is InChI=1S/C14H19N3O/c1-13(2)9-17(10-14(3,4)18-13)12-7-11(8-15)5-6-16-12/h5-7H,9-10H2,1-4H3. The summed E-state index contributed by atoms with van der Waals surface area (Å²) in [6.07, 6.45) is 1.68. The van der Waals surface area contributed by atoms with Crippen molar-refractivity contribution in [2.75, 3.05) is 18.0 Å². The fourth-order valence-electron chi connectivity index (χ4n) is 2.61. The van der Waals surface area contributed by atoms with Crippen molar-refractivity contribution in [3.8, 4) is 6.07 Å². The van der Waals surface area contributed by atoms with Crippen LogP contribution in [0.3, 0.4) is 0 Å². The Hall–Kier alpha value is -1.60. The minimum atomic E-state index is -0.216. The maximum absolute atomic E-state index is 8.94. The highest BCUT2D eigenvalue weighted by atomic mass is 16.5. The molecule has 0 N–H and O–H groups in total. The fraction of sp³-hybridized carbons (Fsp3) is 0.571. The lowest BCUT2D eigenvalue weighted by atomic mass is 9.99. The van der Waals surface area contributed by atoms with E-state index in [0.29, 0.717) is 5.56 Å². The maximum atomic E-state index is 8.94. The Bertz CT molecular complexity index is 472. The van der Waals surface area contributed by atoms with Crippen LogP contribution in [0, 0.1) is 11.3 Å². The van der Waals surface area contributed by atoms with Gasteiger partial charge in [-0.05, 0) is 39.8 Å². The number of aromatic nitrogens is 1. The smallest absolute Gasteiger partial charge is 0.129 e. The lowest BCUT2D eigenvalue weighted by Crippen LogP contribution is -2.57. The van der Waals surface area contributed by atoms with Gasteiger partial charge in [0.15, 0.2) is 0 Å². The predicted octanol–water partition coefficient (Wildman–Crippen LogP) is 2.35. The molecule has 18 heavy (non-hydrogen) atoms. The average Bonchev–Trinajstić information content (AvgIpc) is 2.25. The van der Waals surface area contributed by atoms with Crippen molar-refractivity contribution >= 4 is 5.82 Å². The zero-order valence-corrected chi connectivity index (χ0v) is 11.4. The zero-order chi connectivity index (χ0) is 13.4. The van der Waals surface area contributed by atoms with E-state index in [-0.39, 0.29) is 11.2 Å². The summed E-state index contributed by atoms with van der Waals surface area (Å²) in [5.41, 5.74) is 0.208. The molecule has 1 aliphatic rings. The normalized spacial score (nSPS) is 21.4. The van der Waals surface area contributed by atoms with Crippen molar-refractivity contribution < 1.29 is 4.74 Å². The van der Waals surface area contributed by atoms with Crippen molar-refractivity contribution in [2.24, 2.45) is 0 Å². The Morgan fingerprint density at radius 1 is 1.28 bits per heavy atom. The number of pyridine rings is 1. The molecule has 1 aromatic heterocycles. The van der Waals surface area contributed by atoms with E-state index >= 15 is 0 Å². The van der Waals surface area contributed by atoms with Crippen LogP contribution >= 0.6 is 0 Å². The summed E-state index contributed by atoms with van der Waals surface area (Å²) < 4.78 is 6.03. The second-order valence-corrected chi connectivity index (χ2v) is 5.99. The lowest BCUT2D eigenvalue weighted by Gasteiger charge is -2.47. The van der Waals surface area contributed by atoms with Gasteiger partial charge in [-0.3, -0.25) is 0 Å². The molecule has 0 aliphatic carbocycles. The zero-order valence-electron chi connectivity index (χ0n) is 11.4. The number of nitriles is 1. The molecule has 0 unspecified atom stereocenters. The molecule has 1 aliphatic heterocycles. The van der Waals surface area contributed by atoms with Crippen LogP contribution in [0.4, 0.5) is 5.82 Å². The third-order valence-electron chi connectivity index (χ3n) is 2.89. The molecule has 0 bridgehead atoms. The lowest BCUT2D eigenvalue weighted by molar-refractivity contribution is -0.133. The first kappa shape index (κ1) is 12.8. The van der Waals surface area contributed by atoms with Crippen LogP contribution < -0.4 is 4.90 Å². The van der Waals surface area contributed by atoms with Gasteiger partial charge in [0.25, 0.3) is 0 Å². The molecular formula is C14H19N3O. The van der Waals surface area contributed by atoms with E-state index in [4.69, 9.17) is 10.00 Å². The summed E-state index contributed by atoms with van der Waals surface area (Å²) in [6.45, 7) is 9.87. The van der Waals surface area contributed by atoms with Crippen molar-refractivity contribution in [1.82, 2.24) is 4.98 Å². The molecule has 1 fully saturated rings. The first-order chi connectivity index (χ1) is 8.31. The van der Waals surface area contributed by atoms with E-state index in [2.05, 4.69) is 43.6 Å². The quantitative estimate of drug-likeness (QED) is 0.762. The molecule has 0 spiro atoms. The number of ether oxygens (including phenoxy) is 1. The first-order valence-electron chi connectivity index (χ1n) is 6.13. The van der Waals surface area contributed by atoms with Gasteiger partial charge >= 0.3 is 0 Å². The van der Waals surface area contributed by atoms with E-state index in [1.165, 1.54) is 0 Å². The minimum Gasteiger partial charge on any atom is -0.366 e. The van der Waals surface area contributed by atoms with E-state index in [1.54, 1.807) is 12.3 Å². The largest absolute Gasteiger partial charge is 0.366 e. The van der Waals surface area contributed by atoms with Gasteiger partial charge in [-0.25, -0.2) is 4.98 Å². The van der Waals surface area contributed by atoms with Crippen LogP contribution in [-0.2, 0) is 4.74 Å².